The fourth-order valence-corrected chi connectivity index (χ4v) is 2.02. The average Bonchev–Trinajstić information content (AvgIpc) is 2.86. The van der Waals surface area contributed by atoms with Crippen LogP contribution in [0, 0.1) is 0 Å². The number of alkyl halides is 3. The monoisotopic (exact) mass is 298 g/mol. The van der Waals surface area contributed by atoms with Gasteiger partial charge in [-0.3, -0.25) is 4.68 Å². The van der Waals surface area contributed by atoms with Crippen LogP contribution in [0.5, 0.6) is 0 Å². The predicted molar refractivity (Wildman–Crippen MR) is 69.9 cm³/mol. The lowest BCUT2D eigenvalue weighted by atomic mass is 9.99. The summed E-state index contributed by atoms with van der Waals surface area (Å²) in [5.74, 6) is -1.27. The number of carboxylic acid groups (broad SMARTS) is 1. The quantitative estimate of drug-likeness (QED) is 0.936. The van der Waals surface area contributed by atoms with E-state index in [2.05, 4.69) is 5.10 Å². The number of hydrogen-bond acceptors (Lipinski definition) is 2. The lowest BCUT2D eigenvalue weighted by molar-refractivity contribution is -0.137. The molecule has 2 aromatic rings. The maximum absolute atomic E-state index is 13.0. The molecule has 21 heavy (non-hydrogen) atoms. The van der Waals surface area contributed by atoms with Gasteiger partial charge in [-0.25, -0.2) is 4.79 Å². The summed E-state index contributed by atoms with van der Waals surface area (Å²) in [5.41, 5.74) is -0.992. The molecule has 0 fully saturated rings. The molecule has 0 aliphatic heterocycles. The number of benzene rings is 1. The first-order valence-corrected chi connectivity index (χ1v) is 6.30. The van der Waals surface area contributed by atoms with Gasteiger partial charge in [-0.1, -0.05) is 6.92 Å². The van der Waals surface area contributed by atoms with Crippen molar-refractivity contribution in [1.82, 2.24) is 9.78 Å². The minimum absolute atomic E-state index is 0.176. The van der Waals surface area contributed by atoms with Crippen LogP contribution in [0.25, 0.3) is 11.1 Å². The molecule has 1 N–H and O–H groups in total. The van der Waals surface area contributed by atoms with Crippen LogP contribution in [0.4, 0.5) is 13.2 Å². The average molecular weight is 298 g/mol. The Bertz CT molecular complexity index is 662. The van der Waals surface area contributed by atoms with E-state index >= 15 is 0 Å². The summed E-state index contributed by atoms with van der Waals surface area (Å²) in [5, 5.41) is 12.9. The molecular weight excluding hydrogens is 285 g/mol. The third kappa shape index (κ3) is 3.24. The molecular formula is C14H13F3N2O2. The highest BCUT2D eigenvalue weighted by Crippen LogP contribution is 2.37. The second-order valence-electron chi connectivity index (χ2n) is 4.56. The second kappa shape index (κ2) is 5.59. The molecule has 0 saturated heterocycles. The third-order valence-corrected chi connectivity index (χ3v) is 2.97. The molecule has 7 heteroatoms. The van der Waals surface area contributed by atoms with Gasteiger partial charge in [0, 0.05) is 18.3 Å². The number of aromatic nitrogens is 2. The zero-order valence-corrected chi connectivity index (χ0v) is 11.2. The van der Waals surface area contributed by atoms with Crippen LogP contribution < -0.4 is 0 Å². The van der Waals surface area contributed by atoms with Gasteiger partial charge in [0.1, 0.15) is 0 Å². The first-order chi connectivity index (χ1) is 9.82. The van der Waals surface area contributed by atoms with E-state index in [4.69, 9.17) is 5.11 Å². The SMILES string of the molecule is CCCn1cc(-c2cc(C(=O)O)ccc2C(F)(F)F)cn1. The molecule has 0 aliphatic carbocycles. The summed E-state index contributed by atoms with van der Waals surface area (Å²) in [6.45, 7) is 2.51. The number of carbonyl (C=O) groups is 1. The molecule has 2 rings (SSSR count). The lowest BCUT2D eigenvalue weighted by Gasteiger charge is -2.12. The second-order valence-corrected chi connectivity index (χ2v) is 4.56. The van der Waals surface area contributed by atoms with Gasteiger partial charge in [0.2, 0.25) is 0 Å². The van der Waals surface area contributed by atoms with Gasteiger partial charge in [0.05, 0.1) is 17.3 Å². The minimum atomic E-state index is -4.56. The molecule has 0 aliphatic rings. The van der Waals surface area contributed by atoms with Gasteiger partial charge in [0.15, 0.2) is 0 Å². The first kappa shape index (κ1) is 15.1. The van der Waals surface area contributed by atoms with Gasteiger partial charge < -0.3 is 5.11 Å². The summed E-state index contributed by atoms with van der Waals surface area (Å²) in [7, 11) is 0. The fraction of sp³-hybridized carbons (Fsp3) is 0.286. The van der Waals surface area contributed by atoms with Crippen LogP contribution in [0.1, 0.15) is 29.3 Å². The molecule has 112 valence electrons. The van der Waals surface area contributed by atoms with E-state index in [9.17, 15) is 18.0 Å². The van der Waals surface area contributed by atoms with Gasteiger partial charge in [-0.15, -0.1) is 0 Å². The van der Waals surface area contributed by atoms with E-state index in [1.54, 1.807) is 0 Å². The summed E-state index contributed by atoms with van der Waals surface area (Å²) < 4.78 is 40.7. The van der Waals surface area contributed by atoms with Crippen molar-refractivity contribution < 1.29 is 23.1 Å². The Hall–Kier alpha value is -2.31. The van der Waals surface area contributed by atoms with Crippen LogP contribution in [0.3, 0.4) is 0 Å². The van der Waals surface area contributed by atoms with Crippen LogP contribution in [0.2, 0.25) is 0 Å². The molecule has 1 aromatic heterocycles. The smallest absolute Gasteiger partial charge is 0.417 e. The summed E-state index contributed by atoms with van der Waals surface area (Å²) in [6, 6.07) is 2.76. The third-order valence-electron chi connectivity index (χ3n) is 2.97. The van der Waals surface area contributed by atoms with Crippen LogP contribution in [-0.2, 0) is 12.7 Å². The molecule has 0 amide bonds. The highest BCUT2D eigenvalue weighted by molar-refractivity contribution is 5.90. The molecule has 1 aromatic carbocycles. The fourth-order valence-electron chi connectivity index (χ4n) is 2.02. The molecule has 0 unspecified atom stereocenters. The van der Waals surface area contributed by atoms with E-state index in [-0.39, 0.29) is 16.7 Å². The van der Waals surface area contributed by atoms with Crippen LogP contribution in [-0.4, -0.2) is 20.9 Å². The normalized spacial score (nSPS) is 11.6. The van der Waals surface area contributed by atoms with Gasteiger partial charge in [-0.05, 0) is 30.2 Å². The van der Waals surface area contributed by atoms with Crippen molar-refractivity contribution in [3.05, 3.63) is 41.7 Å². The molecule has 0 saturated carbocycles. The first-order valence-electron chi connectivity index (χ1n) is 6.30. The number of carboxylic acids is 1. The number of aromatic carboxylic acids is 1. The zero-order valence-electron chi connectivity index (χ0n) is 11.2. The van der Waals surface area contributed by atoms with Crippen LogP contribution >= 0.6 is 0 Å². The summed E-state index contributed by atoms with van der Waals surface area (Å²) in [6.07, 6.45) is -0.965. The number of halogens is 3. The zero-order chi connectivity index (χ0) is 15.6. The number of rotatable bonds is 4. The largest absolute Gasteiger partial charge is 0.478 e. The molecule has 4 nitrogen and oxygen atoms in total. The molecule has 1 heterocycles. The Labute approximate surface area is 118 Å². The predicted octanol–water partition coefficient (Wildman–Crippen LogP) is 3.68. The highest BCUT2D eigenvalue weighted by atomic mass is 19.4. The maximum atomic E-state index is 13.0. The number of hydrogen-bond donors (Lipinski definition) is 1. The van der Waals surface area contributed by atoms with Crippen molar-refractivity contribution in [3.63, 3.8) is 0 Å². The molecule has 0 atom stereocenters. The van der Waals surface area contributed by atoms with Crippen molar-refractivity contribution in [2.75, 3.05) is 0 Å². The van der Waals surface area contributed by atoms with Crippen molar-refractivity contribution in [1.29, 1.82) is 0 Å². The van der Waals surface area contributed by atoms with Crippen molar-refractivity contribution in [2.24, 2.45) is 0 Å². The Morgan fingerprint density at radius 3 is 2.67 bits per heavy atom. The van der Waals surface area contributed by atoms with E-state index in [1.807, 2.05) is 6.92 Å². The van der Waals surface area contributed by atoms with Gasteiger partial charge in [0.25, 0.3) is 0 Å². The van der Waals surface area contributed by atoms with Gasteiger partial charge >= 0.3 is 12.1 Å². The number of nitrogens with zero attached hydrogens (tertiary/aromatic N) is 2. The van der Waals surface area contributed by atoms with E-state index in [1.165, 1.54) is 17.1 Å². The standard InChI is InChI=1S/C14H13F3N2O2/c1-2-5-19-8-10(7-18-19)11-6-9(13(20)21)3-4-12(11)14(15,16)17/h3-4,6-8H,2,5H2,1H3,(H,20,21). The van der Waals surface area contributed by atoms with Crippen LogP contribution in [0.15, 0.2) is 30.6 Å². The maximum Gasteiger partial charge on any atom is 0.417 e. The molecule has 0 radical (unpaired) electrons. The Morgan fingerprint density at radius 2 is 2.10 bits per heavy atom. The molecule has 0 bridgehead atoms. The Balaban J connectivity index is 2.56. The number of aryl methyl sites for hydroxylation is 1. The van der Waals surface area contributed by atoms with E-state index in [0.717, 1.165) is 24.6 Å². The summed E-state index contributed by atoms with van der Waals surface area (Å²) in [4.78, 5) is 11.0. The van der Waals surface area contributed by atoms with E-state index in [0.29, 0.717) is 6.54 Å². The highest BCUT2D eigenvalue weighted by Gasteiger charge is 2.34. The Morgan fingerprint density at radius 1 is 1.38 bits per heavy atom. The lowest BCUT2D eigenvalue weighted by Crippen LogP contribution is -2.08. The minimum Gasteiger partial charge on any atom is -0.478 e. The molecule has 0 spiro atoms. The van der Waals surface area contributed by atoms with E-state index < -0.39 is 17.7 Å². The van der Waals surface area contributed by atoms with Crippen molar-refractivity contribution in [2.45, 2.75) is 26.1 Å². The summed E-state index contributed by atoms with van der Waals surface area (Å²) >= 11 is 0. The Kier molecular flexibility index (Phi) is 4.02. The topological polar surface area (TPSA) is 55.1 Å². The van der Waals surface area contributed by atoms with Crippen molar-refractivity contribution in [3.8, 4) is 11.1 Å². The van der Waals surface area contributed by atoms with Crippen molar-refractivity contribution >= 4 is 5.97 Å². The van der Waals surface area contributed by atoms with Gasteiger partial charge in [-0.2, -0.15) is 18.3 Å².